The van der Waals surface area contributed by atoms with Crippen molar-refractivity contribution in [2.75, 3.05) is 7.11 Å². The molecule has 106 valence electrons. The molecule has 0 saturated heterocycles. The molecule has 2 aromatic rings. The van der Waals surface area contributed by atoms with E-state index < -0.39 is 0 Å². The molecule has 2 nitrogen and oxygen atoms in total. The average molecular weight is 270 g/mol. The van der Waals surface area contributed by atoms with Crippen LogP contribution in [0.25, 0.3) is 10.8 Å². The molecular weight excluding hydrogens is 248 g/mol. The number of hydrogen-bond donors (Lipinski definition) is 0. The minimum Gasteiger partial charge on any atom is -0.497 e. The number of carbonyl (C=O) groups is 1. The smallest absolute Gasteiger partial charge is 0.162 e. The van der Waals surface area contributed by atoms with Gasteiger partial charge in [-0.2, -0.15) is 0 Å². The number of unbranched alkanes of at least 4 members (excludes halogenated alkanes) is 1. The summed E-state index contributed by atoms with van der Waals surface area (Å²) in [5, 5.41) is 2.32. The molecule has 0 radical (unpaired) electrons. The second kappa shape index (κ2) is 6.56. The highest BCUT2D eigenvalue weighted by atomic mass is 16.5. The lowest BCUT2D eigenvalue weighted by Crippen LogP contribution is -2.03. The minimum absolute atomic E-state index is 0.230. The molecule has 20 heavy (non-hydrogen) atoms. The van der Waals surface area contributed by atoms with E-state index in [-0.39, 0.29) is 5.78 Å². The van der Waals surface area contributed by atoms with Crippen molar-refractivity contribution in [2.24, 2.45) is 0 Å². The number of hydrogen-bond acceptors (Lipinski definition) is 2. The monoisotopic (exact) mass is 270 g/mol. The fraction of sp³-hybridized carbons (Fsp3) is 0.389. The van der Waals surface area contributed by atoms with Crippen LogP contribution in [0.4, 0.5) is 0 Å². The van der Waals surface area contributed by atoms with Gasteiger partial charge in [0.2, 0.25) is 0 Å². The molecule has 0 fully saturated rings. The number of benzene rings is 2. The summed E-state index contributed by atoms with van der Waals surface area (Å²) in [5.41, 5.74) is 2.08. The lowest BCUT2D eigenvalue weighted by atomic mass is 9.92. The minimum atomic E-state index is 0.230. The van der Waals surface area contributed by atoms with Crippen LogP contribution >= 0.6 is 0 Å². The Balaban J connectivity index is 2.60. The number of fused-ring (bicyclic) bond motifs is 1. The summed E-state index contributed by atoms with van der Waals surface area (Å²) >= 11 is 0. The van der Waals surface area contributed by atoms with E-state index in [1.54, 1.807) is 7.11 Å². The Labute approximate surface area is 120 Å². The normalized spacial score (nSPS) is 10.8. The topological polar surface area (TPSA) is 26.3 Å². The third-order valence-electron chi connectivity index (χ3n) is 3.74. The van der Waals surface area contributed by atoms with Gasteiger partial charge in [0.1, 0.15) is 5.75 Å². The third kappa shape index (κ3) is 2.84. The van der Waals surface area contributed by atoms with Crippen LogP contribution in [0.3, 0.4) is 0 Å². The largest absolute Gasteiger partial charge is 0.497 e. The van der Waals surface area contributed by atoms with Crippen molar-refractivity contribution < 1.29 is 9.53 Å². The van der Waals surface area contributed by atoms with E-state index in [1.807, 2.05) is 31.2 Å². The average Bonchev–Trinajstić information content (AvgIpc) is 2.50. The van der Waals surface area contributed by atoms with E-state index in [9.17, 15) is 4.79 Å². The SMILES string of the molecule is CCCCc1c(C(=O)CC)ccc2cc(OC)ccc12. The first-order valence-electron chi connectivity index (χ1n) is 7.34. The predicted octanol–water partition coefficient (Wildman–Crippen LogP) is 4.78. The molecule has 2 aromatic carbocycles. The molecule has 0 aliphatic carbocycles. The van der Waals surface area contributed by atoms with E-state index in [1.165, 1.54) is 10.9 Å². The molecule has 0 aliphatic heterocycles. The third-order valence-corrected chi connectivity index (χ3v) is 3.74. The summed E-state index contributed by atoms with van der Waals surface area (Å²) in [6.07, 6.45) is 3.75. The van der Waals surface area contributed by atoms with Gasteiger partial charge in [-0.05, 0) is 41.3 Å². The first-order chi connectivity index (χ1) is 9.71. The number of carbonyl (C=O) groups excluding carboxylic acids is 1. The molecule has 0 aliphatic rings. The van der Waals surface area contributed by atoms with Crippen LogP contribution in [0, 0.1) is 0 Å². The van der Waals surface area contributed by atoms with Crippen LogP contribution in [-0.2, 0) is 6.42 Å². The lowest BCUT2D eigenvalue weighted by Gasteiger charge is -2.12. The van der Waals surface area contributed by atoms with E-state index in [4.69, 9.17) is 4.74 Å². The molecule has 0 saturated carbocycles. The van der Waals surface area contributed by atoms with E-state index in [0.717, 1.165) is 36.0 Å². The molecule has 0 amide bonds. The van der Waals surface area contributed by atoms with Crippen molar-refractivity contribution in [1.29, 1.82) is 0 Å². The Hall–Kier alpha value is -1.83. The van der Waals surface area contributed by atoms with Crippen LogP contribution in [0.15, 0.2) is 30.3 Å². The van der Waals surface area contributed by atoms with Gasteiger partial charge >= 0.3 is 0 Å². The maximum atomic E-state index is 12.1. The summed E-state index contributed by atoms with van der Waals surface area (Å²) in [4.78, 5) is 12.1. The Morgan fingerprint density at radius 1 is 1.15 bits per heavy atom. The van der Waals surface area contributed by atoms with Gasteiger partial charge in [-0.25, -0.2) is 0 Å². The van der Waals surface area contributed by atoms with Crippen molar-refractivity contribution in [3.8, 4) is 5.75 Å². The van der Waals surface area contributed by atoms with Crippen molar-refractivity contribution >= 4 is 16.6 Å². The lowest BCUT2D eigenvalue weighted by molar-refractivity contribution is 0.0987. The maximum absolute atomic E-state index is 12.1. The Kier molecular flexibility index (Phi) is 4.78. The van der Waals surface area contributed by atoms with Crippen LogP contribution in [0.5, 0.6) is 5.75 Å². The number of aryl methyl sites for hydroxylation is 1. The zero-order valence-electron chi connectivity index (χ0n) is 12.5. The Morgan fingerprint density at radius 3 is 2.60 bits per heavy atom. The van der Waals surface area contributed by atoms with Crippen molar-refractivity contribution in [2.45, 2.75) is 39.5 Å². The second-order valence-electron chi connectivity index (χ2n) is 5.06. The summed E-state index contributed by atoms with van der Waals surface area (Å²) in [5.74, 6) is 1.09. The van der Waals surface area contributed by atoms with Gasteiger partial charge in [0.05, 0.1) is 7.11 Å². The zero-order valence-corrected chi connectivity index (χ0v) is 12.5. The molecular formula is C18H22O2. The number of rotatable bonds is 6. The van der Waals surface area contributed by atoms with E-state index in [2.05, 4.69) is 13.0 Å². The zero-order chi connectivity index (χ0) is 14.5. The van der Waals surface area contributed by atoms with Crippen LogP contribution in [0.1, 0.15) is 49.0 Å². The van der Waals surface area contributed by atoms with Crippen LogP contribution < -0.4 is 4.74 Å². The molecule has 0 atom stereocenters. The van der Waals surface area contributed by atoms with Crippen molar-refractivity contribution in [1.82, 2.24) is 0 Å². The number of ether oxygens (including phenoxy) is 1. The highest BCUT2D eigenvalue weighted by Crippen LogP contribution is 2.28. The molecule has 2 rings (SSSR count). The number of methoxy groups -OCH3 is 1. The summed E-state index contributed by atoms with van der Waals surface area (Å²) in [6.45, 7) is 4.10. The van der Waals surface area contributed by atoms with Crippen LogP contribution in [0.2, 0.25) is 0 Å². The van der Waals surface area contributed by atoms with Gasteiger partial charge in [-0.15, -0.1) is 0 Å². The van der Waals surface area contributed by atoms with E-state index >= 15 is 0 Å². The first kappa shape index (κ1) is 14.6. The number of Topliss-reactive ketones (excluding diaryl/α,β-unsaturated/α-hetero) is 1. The standard InChI is InChI=1S/C18H22O2/c1-4-6-7-16-15-11-9-14(20-3)12-13(15)8-10-17(16)18(19)5-2/h8-12H,4-7H2,1-3H3. The maximum Gasteiger partial charge on any atom is 0.162 e. The first-order valence-corrected chi connectivity index (χ1v) is 7.34. The fourth-order valence-electron chi connectivity index (χ4n) is 2.57. The molecule has 0 spiro atoms. The molecule has 0 aromatic heterocycles. The molecule has 0 heterocycles. The predicted molar refractivity (Wildman–Crippen MR) is 83.7 cm³/mol. The second-order valence-corrected chi connectivity index (χ2v) is 5.06. The van der Waals surface area contributed by atoms with Gasteiger partial charge in [0.15, 0.2) is 5.78 Å². The van der Waals surface area contributed by atoms with E-state index in [0.29, 0.717) is 6.42 Å². The summed E-state index contributed by atoms with van der Waals surface area (Å²) < 4.78 is 5.28. The molecule has 2 heteroatoms. The van der Waals surface area contributed by atoms with Crippen molar-refractivity contribution in [3.63, 3.8) is 0 Å². The van der Waals surface area contributed by atoms with Gasteiger partial charge < -0.3 is 4.74 Å². The highest BCUT2D eigenvalue weighted by molar-refractivity contribution is 6.02. The Morgan fingerprint density at radius 2 is 1.95 bits per heavy atom. The van der Waals surface area contributed by atoms with Crippen molar-refractivity contribution in [3.05, 3.63) is 41.5 Å². The quantitative estimate of drug-likeness (QED) is 0.706. The fourth-order valence-corrected chi connectivity index (χ4v) is 2.57. The van der Waals surface area contributed by atoms with Gasteiger partial charge in [0, 0.05) is 12.0 Å². The molecule has 0 N–H and O–H groups in total. The molecule has 0 unspecified atom stereocenters. The van der Waals surface area contributed by atoms with Gasteiger partial charge in [0.25, 0.3) is 0 Å². The van der Waals surface area contributed by atoms with Crippen LogP contribution in [-0.4, -0.2) is 12.9 Å². The highest BCUT2D eigenvalue weighted by Gasteiger charge is 2.13. The Bertz CT molecular complexity index is 614. The van der Waals surface area contributed by atoms with Gasteiger partial charge in [-0.3, -0.25) is 4.79 Å². The summed E-state index contributed by atoms with van der Waals surface area (Å²) in [6, 6.07) is 10.1. The van der Waals surface area contributed by atoms with Gasteiger partial charge in [-0.1, -0.05) is 38.5 Å². The molecule has 0 bridgehead atoms. The summed E-state index contributed by atoms with van der Waals surface area (Å²) in [7, 11) is 1.67. The number of ketones is 1.